The van der Waals surface area contributed by atoms with Gasteiger partial charge in [0.25, 0.3) is 0 Å². The van der Waals surface area contributed by atoms with Gasteiger partial charge in [-0.1, -0.05) is 0 Å². The van der Waals surface area contributed by atoms with E-state index in [0.29, 0.717) is 50.3 Å². The van der Waals surface area contributed by atoms with Crippen LogP contribution in [0.5, 0.6) is 0 Å². The third kappa shape index (κ3) is 5.57. The lowest BCUT2D eigenvalue weighted by atomic mass is 9.69. The molecule has 0 N–H and O–H groups in total. The molecule has 12 nitrogen and oxygen atoms in total. The van der Waals surface area contributed by atoms with Crippen molar-refractivity contribution in [2.75, 3.05) is 40.0 Å². The topological polar surface area (TPSA) is 129 Å². The number of tetrazole rings is 1. The Balaban J connectivity index is 1.43. The van der Waals surface area contributed by atoms with E-state index in [9.17, 15) is 14.4 Å². The van der Waals surface area contributed by atoms with Crippen molar-refractivity contribution in [1.29, 1.82) is 0 Å². The number of carbonyl (C=O) groups is 3. The van der Waals surface area contributed by atoms with Crippen LogP contribution in [0.4, 0.5) is 4.79 Å². The largest absolute Gasteiger partial charge is 0.465 e. The summed E-state index contributed by atoms with van der Waals surface area (Å²) in [4.78, 5) is 41.5. The highest BCUT2D eigenvalue weighted by molar-refractivity contribution is 5.81. The van der Waals surface area contributed by atoms with Crippen molar-refractivity contribution >= 4 is 18.0 Å². The minimum atomic E-state index is -0.620. The second kappa shape index (κ2) is 11.3. The summed E-state index contributed by atoms with van der Waals surface area (Å²) in [5.74, 6) is 0.441. The summed E-state index contributed by atoms with van der Waals surface area (Å²) in [6, 6.07) is -0.923. The minimum Gasteiger partial charge on any atom is -0.465 e. The Bertz CT molecular complexity index is 882. The van der Waals surface area contributed by atoms with Crippen molar-refractivity contribution in [3.05, 3.63) is 6.33 Å². The first-order valence-electron chi connectivity index (χ1n) is 12.6. The molecule has 0 bridgehead atoms. The molecule has 3 fully saturated rings. The highest BCUT2D eigenvalue weighted by atomic mass is 16.6. The summed E-state index contributed by atoms with van der Waals surface area (Å²) in [5, 5.41) is 11.5. The number of piperidine rings is 1. The van der Waals surface area contributed by atoms with Crippen LogP contribution in [0.2, 0.25) is 0 Å². The molecule has 3 heterocycles. The first kappa shape index (κ1) is 25.3. The van der Waals surface area contributed by atoms with Gasteiger partial charge in [0.1, 0.15) is 18.4 Å². The van der Waals surface area contributed by atoms with Gasteiger partial charge in [-0.3, -0.25) is 14.6 Å². The van der Waals surface area contributed by atoms with E-state index in [2.05, 4.69) is 20.4 Å². The number of nitrogens with zero attached hydrogens (tertiary/aromatic N) is 6. The highest BCUT2D eigenvalue weighted by Gasteiger charge is 2.46. The van der Waals surface area contributed by atoms with E-state index in [1.165, 1.54) is 12.0 Å². The number of esters is 2. The van der Waals surface area contributed by atoms with Crippen molar-refractivity contribution in [2.45, 2.75) is 64.1 Å². The number of aromatic nitrogens is 4. The molecule has 1 saturated carbocycles. The molecule has 1 amide bonds. The third-order valence-corrected chi connectivity index (χ3v) is 7.72. The number of fused-ring (bicyclic) bond motifs is 1. The van der Waals surface area contributed by atoms with Gasteiger partial charge in [-0.25, -0.2) is 14.3 Å². The van der Waals surface area contributed by atoms with Crippen LogP contribution in [0.1, 0.15) is 52.0 Å². The number of hydrogen-bond acceptors (Lipinski definition) is 10. The Morgan fingerprint density at radius 1 is 0.943 bits per heavy atom. The average molecular weight is 493 g/mol. The van der Waals surface area contributed by atoms with E-state index in [-0.39, 0.29) is 30.6 Å². The number of likely N-dealkylation sites (tertiary alicyclic amines) is 2. The molecule has 3 aliphatic rings. The highest BCUT2D eigenvalue weighted by Crippen LogP contribution is 2.42. The van der Waals surface area contributed by atoms with Gasteiger partial charge in [-0.2, -0.15) is 0 Å². The second-order valence-corrected chi connectivity index (χ2v) is 9.73. The third-order valence-electron chi connectivity index (χ3n) is 7.72. The zero-order chi connectivity index (χ0) is 24.9. The van der Waals surface area contributed by atoms with Crippen molar-refractivity contribution in [2.24, 2.45) is 17.8 Å². The van der Waals surface area contributed by atoms with Gasteiger partial charge in [0, 0.05) is 19.6 Å². The lowest BCUT2D eigenvalue weighted by Crippen LogP contribution is -2.55. The number of ether oxygens (including phenoxy) is 3. The van der Waals surface area contributed by atoms with Gasteiger partial charge in [0.15, 0.2) is 0 Å². The fourth-order valence-corrected chi connectivity index (χ4v) is 6.12. The second-order valence-electron chi connectivity index (χ2n) is 9.73. The van der Waals surface area contributed by atoms with E-state index in [1.807, 2.05) is 6.92 Å². The molecule has 6 atom stereocenters. The van der Waals surface area contributed by atoms with E-state index in [4.69, 9.17) is 14.2 Å². The molecule has 0 spiro atoms. The normalized spacial score (nSPS) is 31.0. The van der Waals surface area contributed by atoms with Crippen LogP contribution < -0.4 is 0 Å². The molecule has 194 valence electrons. The molecule has 2 aliphatic heterocycles. The summed E-state index contributed by atoms with van der Waals surface area (Å²) < 4.78 is 17.3. The van der Waals surface area contributed by atoms with Crippen LogP contribution in [0.3, 0.4) is 0 Å². The van der Waals surface area contributed by atoms with Gasteiger partial charge in [0.05, 0.1) is 26.4 Å². The van der Waals surface area contributed by atoms with E-state index in [0.717, 1.165) is 25.8 Å². The van der Waals surface area contributed by atoms with Crippen molar-refractivity contribution in [3.63, 3.8) is 0 Å². The maximum atomic E-state index is 12.7. The van der Waals surface area contributed by atoms with Gasteiger partial charge in [-0.05, 0) is 74.1 Å². The van der Waals surface area contributed by atoms with E-state index in [1.54, 1.807) is 17.9 Å². The van der Waals surface area contributed by atoms with Crippen LogP contribution in [0, 0.1) is 17.8 Å². The number of carbonyl (C=O) groups excluding carboxylic acids is 3. The summed E-state index contributed by atoms with van der Waals surface area (Å²) >= 11 is 0. The minimum absolute atomic E-state index is 0.0206. The van der Waals surface area contributed by atoms with Crippen molar-refractivity contribution < 1.29 is 28.6 Å². The van der Waals surface area contributed by atoms with Gasteiger partial charge >= 0.3 is 18.0 Å². The Kier molecular flexibility index (Phi) is 8.19. The molecule has 35 heavy (non-hydrogen) atoms. The lowest BCUT2D eigenvalue weighted by Gasteiger charge is -2.46. The Morgan fingerprint density at radius 2 is 1.69 bits per heavy atom. The summed E-state index contributed by atoms with van der Waals surface area (Å²) in [6.45, 7) is 6.16. The van der Waals surface area contributed by atoms with Crippen LogP contribution in [0.25, 0.3) is 0 Å². The summed E-state index contributed by atoms with van der Waals surface area (Å²) in [6.07, 6.45) is 5.20. The molecule has 1 aliphatic carbocycles. The number of amides is 1. The zero-order valence-electron chi connectivity index (χ0n) is 20.7. The molecule has 1 aromatic heterocycles. The van der Waals surface area contributed by atoms with Crippen LogP contribution in [-0.4, -0.2) is 100 Å². The Morgan fingerprint density at radius 3 is 2.34 bits per heavy atom. The maximum absolute atomic E-state index is 12.7. The smallest absolute Gasteiger partial charge is 0.410 e. The molecular formula is C23H36N6O6. The fraction of sp³-hybridized carbons (Fsp3) is 0.826. The summed E-state index contributed by atoms with van der Waals surface area (Å²) in [5.41, 5.74) is 0. The first-order valence-corrected chi connectivity index (χ1v) is 12.6. The van der Waals surface area contributed by atoms with Crippen LogP contribution >= 0.6 is 0 Å². The molecular weight excluding hydrogens is 456 g/mol. The van der Waals surface area contributed by atoms with Gasteiger partial charge in [0.2, 0.25) is 0 Å². The maximum Gasteiger partial charge on any atom is 0.410 e. The molecule has 6 unspecified atom stereocenters. The monoisotopic (exact) mass is 492 g/mol. The molecule has 1 aromatic rings. The Hall–Kier alpha value is -2.76. The zero-order valence-corrected chi connectivity index (χ0v) is 20.7. The molecule has 4 rings (SSSR count). The van der Waals surface area contributed by atoms with E-state index >= 15 is 0 Å². The molecule has 12 heteroatoms. The quantitative estimate of drug-likeness (QED) is 0.405. The predicted molar refractivity (Wildman–Crippen MR) is 122 cm³/mol. The SMILES string of the molecule is CCOC(=O)C1CC(n2cnnn2)CN1CC1CCC2CN(C(=O)OC)C(C(=O)OCC)CC2C1. The molecule has 2 saturated heterocycles. The Labute approximate surface area is 205 Å². The summed E-state index contributed by atoms with van der Waals surface area (Å²) in [7, 11) is 1.34. The molecule has 0 radical (unpaired) electrons. The fourth-order valence-electron chi connectivity index (χ4n) is 6.12. The lowest BCUT2D eigenvalue weighted by molar-refractivity contribution is -0.153. The number of rotatable bonds is 7. The van der Waals surface area contributed by atoms with Crippen molar-refractivity contribution in [1.82, 2.24) is 30.0 Å². The first-order chi connectivity index (χ1) is 16.9. The number of methoxy groups -OCH3 is 1. The van der Waals surface area contributed by atoms with Gasteiger partial charge in [-0.15, -0.1) is 5.10 Å². The number of hydrogen-bond donors (Lipinski definition) is 0. The van der Waals surface area contributed by atoms with Crippen LogP contribution in [-0.2, 0) is 23.8 Å². The predicted octanol–water partition coefficient (Wildman–Crippen LogP) is 1.29. The standard InChI is InChI=1S/C23H36N6O6/c1-4-34-21(30)19-10-18(29-14-24-25-26-29)13-27(19)11-15-6-7-16-12-28(23(32)33-3)20(9-17(16)8-15)22(31)35-5-2/h14-20H,4-13H2,1-3H3. The van der Waals surface area contributed by atoms with Crippen LogP contribution in [0.15, 0.2) is 6.33 Å². The average Bonchev–Trinajstić information content (AvgIpc) is 3.53. The van der Waals surface area contributed by atoms with Crippen molar-refractivity contribution in [3.8, 4) is 0 Å². The van der Waals surface area contributed by atoms with Gasteiger partial charge < -0.3 is 14.2 Å². The molecule has 0 aromatic carbocycles. The van der Waals surface area contributed by atoms with E-state index < -0.39 is 12.1 Å².